The molecule has 0 radical (unpaired) electrons. The summed E-state index contributed by atoms with van der Waals surface area (Å²) in [6, 6.07) is 0. The van der Waals surface area contributed by atoms with E-state index in [-0.39, 0.29) is 51.4 Å². The molecule has 6 N–H and O–H groups in total. The third-order valence-corrected chi connectivity index (χ3v) is 1.29. The summed E-state index contributed by atoms with van der Waals surface area (Å²) in [6.45, 7) is 0. The fourth-order valence-electron chi connectivity index (χ4n) is 0.714. The number of aliphatic carboxylic acids is 3. The van der Waals surface area contributed by atoms with Crippen molar-refractivity contribution < 1.29 is 52.3 Å². The predicted molar refractivity (Wildman–Crippen MR) is 58.4 cm³/mol. The van der Waals surface area contributed by atoms with E-state index in [0.717, 1.165) is 0 Å². The molecule has 0 aliphatic carbocycles. The van der Waals surface area contributed by atoms with Gasteiger partial charge in [-0.15, -0.1) is 0 Å². The normalized spacial score (nSPS) is 10.5. The van der Waals surface area contributed by atoms with Gasteiger partial charge in [0, 0.05) is 0 Å². The average molecular weight is 330 g/mol. The molecule has 0 bridgehead atoms. The van der Waals surface area contributed by atoms with Crippen molar-refractivity contribution in [2.75, 3.05) is 0 Å². The number of rotatable bonds is 5. The first-order chi connectivity index (χ1) is 7.78. The molecule has 0 amide bonds. The Kier molecular flexibility index (Phi) is 12.3. The molecule has 0 atom stereocenters. The summed E-state index contributed by atoms with van der Waals surface area (Å²) >= 11 is 0. The van der Waals surface area contributed by atoms with E-state index < -0.39 is 46.7 Å². The Morgan fingerprint density at radius 1 is 0.895 bits per heavy atom. The van der Waals surface area contributed by atoms with E-state index in [0.29, 0.717) is 0 Å². The van der Waals surface area contributed by atoms with E-state index in [4.69, 9.17) is 37.9 Å². The number of hydrogen-bond acceptors (Lipinski definition) is 6. The Labute approximate surface area is 149 Å². The van der Waals surface area contributed by atoms with E-state index in [1.165, 1.54) is 0 Å². The van der Waals surface area contributed by atoms with Gasteiger partial charge < -0.3 is 20.4 Å². The van der Waals surface area contributed by atoms with E-state index in [1.54, 1.807) is 0 Å². The Morgan fingerprint density at radius 3 is 1.21 bits per heavy atom. The Hall–Kier alpha value is -0.124. The van der Waals surface area contributed by atoms with Crippen LogP contribution in [0.25, 0.3) is 0 Å². The van der Waals surface area contributed by atoms with Crippen molar-refractivity contribution in [3.63, 3.8) is 0 Å². The van der Waals surface area contributed by atoms with Crippen LogP contribution in [0.2, 0.25) is 0 Å². The van der Waals surface area contributed by atoms with Gasteiger partial charge in [-0.25, -0.2) is 4.79 Å². The Morgan fingerprint density at radius 2 is 1.11 bits per heavy atom. The maximum absolute atomic E-state index is 10.3. The third kappa shape index (κ3) is 17.9. The van der Waals surface area contributed by atoms with E-state index in [9.17, 15) is 14.4 Å². The summed E-state index contributed by atoms with van der Waals surface area (Å²) in [6.07, 6.45) is -2.29. The van der Waals surface area contributed by atoms with Gasteiger partial charge in [-0.3, -0.25) is 18.7 Å². The summed E-state index contributed by atoms with van der Waals surface area (Å²) in [5, 5.41) is 33.8. The van der Waals surface area contributed by atoms with Crippen molar-refractivity contribution >= 4 is 79.7 Å². The first-order valence-corrected chi connectivity index (χ1v) is 5.27. The van der Waals surface area contributed by atoms with Crippen molar-refractivity contribution in [3.05, 3.63) is 0 Å². The van der Waals surface area contributed by atoms with Crippen LogP contribution in [0.1, 0.15) is 12.8 Å². The molecule has 0 saturated carbocycles. The summed E-state index contributed by atoms with van der Waals surface area (Å²) < 4.78 is 31.6. The summed E-state index contributed by atoms with van der Waals surface area (Å²) in [5.41, 5.74) is -2.74. The summed E-state index contributed by atoms with van der Waals surface area (Å²) in [4.78, 5) is 30.5. The molecule has 0 aromatic heterocycles. The Bertz CT molecular complexity index is 402. The molecule has 0 unspecified atom stereocenters. The van der Waals surface area contributed by atoms with Crippen LogP contribution in [0.15, 0.2) is 0 Å². The molecule has 0 aliphatic rings. The molecule has 0 saturated heterocycles. The quantitative estimate of drug-likeness (QED) is 0.228. The first kappa shape index (κ1) is 23.9. The Balaban J connectivity index is -0.000000366. The van der Waals surface area contributed by atoms with Gasteiger partial charge in [0.25, 0.3) is 0 Å². The SMILES string of the molecule is O=C(O)CC(O)(CC(=O)O)C(=O)O.O=S(=O)(O)O.[KH]. The van der Waals surface area contributed by atoms with Gasteiger partial charge in [-0.1, -0.05) is 0 Å². The van der Waals surface area contributed by atoms with Gasteiger partial charge in [-0.2, -0.15) is 8.42 Å². The molecule has 0 spiro atoms. The summed E-state index contributed by atoms with van der Waals surface area (Å²) in [5.74, 6) is -5.02. The average Bonchev–Trinajstić information content (AvgIpc) is 1.95. The second kappa shape index (κ2) is 9.73. The first-order valence-electron chi connectivity index (χ1n) is 3.87. The van der Waals surface area contributed by atoms with Crippen LogP contribution < -0.4 is 0 Å². The van der Waals surface area contributed by atoms with Gasteiger partial charge >= 0.3 is 79.7 Å². The molecule has 0 aromatic rings. The summed E-state index contributed by atoms with van der Waals surface area (Å²) in [7, 11) is -4.67. The second-order valence-electron chi connectivity index (χ2n) is 2.93. The second-order valence-corrected chi connectivity index (χ2v) is 3.82. The van der Waals surface area contributed by atoms with E-state index >= 15 is 0 Å². The van der Waals surface area contributed by atoms with Gasteiger partial charge in [0.1, 0.15) is 0 Å². The molecule has 108 valence electrons. The van der Waals surface area contributed by atoms with Gasteiger partial charge in [0.15, 0.2) is 5.60 Å². The number of aliphatic hydroxyl groups is 1. The van der Waals surface area contributed by atoms with Crippen LogP contribution in [0.3, 0.4) is 0 Å². The fraction of sp³-hybridized carbons (Fsp3) is 0.500. The molecule has 0 rings (SSSR count). The fourth-order valence-corrected chi connectivity index (χ4v) is 0.714. The molecule has 0 aromatic carbocycles. The van der Waals surface area contributed by atoms with Crippen LogP contribution in [0.4, 0.5) is 0 Å². The van der Waals surface area contributed by atoms with Crippen LogP contribution >= 0.6 is 0 Å². The molecule has 0 heterocycles. The van der Waals surface area contributed by atoms with Crippen molar-refractivity contribution in [1.29, 1.82) is 0 Å². The molecule has 0 aliphatic heterocycles. The van der Waals surface area contributed by atoms with Gasteiger partial charge in [0.2, 0.25) is 0 Å². The number of hydrogen-bond donors (Lipinski definition) is 6. The molecule has 11 nitrogen and oxygen atoms in total. The van der Waals surface area contributed by atoms with Crippen LogP contribution in [-0.4, -0.2) is 113 Å². The van der Waals surface area contributed by atoms with Gasteiger partial charge in [-0.05, 0) is 0 Å². The third-order valence-electron chi connectivity index (χ3n) is 1.29. The van der Waals surface area contributed by atoms with Gasteiger partial charge in [0.05, 0.1) is 12.8 Å². The van der Waals surface area contributed by atoms with Crippen molar-refractivity contribution in [1.82, 2.24) is 0 Å². The van der Waals surface area contributed by atoms with Crippen LogP contribution in [0.5, 0.6) is 0 Å². The molecule has 19 heavy (non-hydrogen) atoms. The molecular formula is C6H11KO11S. The topological polar surface area (TPSA) is 207 Å². The standard InChI is InChI=1S/C6H8O7.K.H2O4S.H/c7-3(8)1-6(13,5(11)12)2-4(9)10;;1-5(2,3)4;/h13H,1-2H2,(H,7,8)(H,9,10)(H,11,12);;(H2,1,2,3,4);. The molecular weight excluding hydrogens is 319 g/mol. The van der Waals surface area contributed by atoms with E-state index in [1.807, 2.05) is 0 Å². The number of carboxylic acids is 3. The zero-order valence-electron chi connectivity index (χ0n) is 8.55. The zero-order valence-corrected chi connectivity index (χ0v) is 9.36. The minimum absolute atomic E-state index is 0. The van der Waals surface area contributed by atoms with Crippen molar-refractivity contribution in [2.45, 2.75) is 18.4 Å². The molecule has 13 heteroatoms. The van der Waals surface area contributed by atoms with Crippen LogP contribution in [-0.2, 0) is 24.8 Å². The zero-order chi connectivity index (χ0) is 15.1. The molecule has 0 fully saturated rings. The van der Waals surface area contributed by atoms with E-state index in [2.05, 4.69) is 0 Å². The minimum atomic E-state index is -4.67. The maximum atomic E-state index is 10.3. The monoisotopic (exact) mass is 330 g/mol. The van der Waals surface area contributed by atoms with Crippen LogP contribution in [0, 0.1) is 0 Å². The number of carboxylic acid groups (broad SMARTS) is 3. The van der Waals surface area contributed by atoms with Crippen molar-refractivity contribution in [2.24, 2.45) is 0 Å². The predicted octanol–water partition coefficient (Wildman–Crippen LogP) is -2.55. The van der Waals surface area contributed by atoms with Crippen molar-refractivity contribution in [3.8, 4) is 0 Å². The number of carbonyl (C=O) groups is 3.